The molecule has 0 aliphatic carbocycles. The summed E-state index contributed by atoms with van der Waals surface area (Å²) < 4.78 is 13.1. The van der Waals surface area contributed by atoms with Crippen LogP contribution in [0.4, 0.5) is 0 Å². The number of benzene rings is 1. The third-order valence-electron chi connectivity index (χ3n) is 3.24. The van der Waals surface area contributed by atoms with Crippen LogP contribution >= 0.6 is 0 Å². The first-order chi connectivity index (χ1) is 10.6. The summed E-state index contributed by atoms with van der Waals surface area (Å²) in [5.74, 6) is 0.455. The van der Waals surface area contributed by atoms with E-state index < -0.39 is 10.8 Å². The Morgan fingerprint density at radius 2 is 1.95 bits per heavy atom. The van der Waals surface area contributed by atoms with Crippen molar-refractivity contribution in [3.63, 3.8) is 0 Å². The van der Waals surface area contributed by atoms with E-state index in [4.69, 9.17) is 0 Å². The van der Waals surface area contributed by atoms with Gasteiger partial charge in [0.1, 0.15) is 0 Å². The molecule has 0 fully saturated rings. The normalized spacial score (nSPS) is 12.2. The molecule has 7 heteroatoms. The lowest BCUT2D eigenvalue weighted by Crippen LogP contribution is -2.24. The number of nitrogens with one attached hydrogen (secondary N) is 1. The van der Waals surface area contributed by atoms with Crippen molar-refractivity contribution in [2.24, 2.45) is 0 Å². The summed E-state index contributed by atoms with van der Waals surface area (Å²) in [4.78, 5) is 12.8. The van der Waals surface area contributed by atoms with Crippen molar-refractivity contribution in [1.29, 1.82) is 0 Å². The Morgan fingerprint density at radius 1 is 1.18 bits per heavy atom. The van der Waals surface area contributed by atoms with Gasteiger partial charge in [0.05, 0.1) is 6.54 Å². The second-order valence-electron chi connectivity index (χ2n) is 4.71. The number of carbonyl (C=O) groups is 1. The molecule has 0 radical (unpaired) electrons. The van der Waals surface area contributed by atoms with Crippen molar-refractivity contribution in [2.45, 2.75) is 11.4 Å². The molecule has 1 unspecified atom stereocenters. The van der Waals surface area contributed by atoms with E-state index in [1.807, 2.05) is 28.8 Å². The molecule has 1 atom stereocenters. The number of rotatable bonds is 4. The number of nitrogens with zero attached hydrogens (tertiary/aromatic N) is 3. The van der Waals surface area contributed by atoms with Crippen LogP contribution in [0.1, 0.15) is 16.2 Å². The van der Waals surface area contributed by atoms with Crippen LogP contribution in [0.2, 0.25) is 0 Å². The zero-order valence-electron chi connectivity index (χ0n) is 11.9. The first-order valence-electron chi connectivity index (χ1n) is 6.65. The van der Waals surface area contributed by atoms with Crippen molar-refractivity contribution in [2.75, 3.05) is 6.26 Å². The molecular weight excluding hydrogens is 300 g/mol. The molecule has 3 rings (SSSR count). The third kappa shape index (κ3) is 2.89. The second kappa shape index (κ2) is 6.07. The maximum Gasteiger partial charge on any atom is 0.251 e. The molecule has 0 aliphatic heterocycles. The Bertz CT molecular complexity index is 842. The number of hydrogen-bond acceptors (Lipinski definition) is 4. The van der Waals surface area contributed by atoms with E-state index >= 15 is 0 Å². The van der Waals surface area contributed by atoms with Crippen LogP contribution in [0, 0.1) is 0 Å². The smallest absolute Gasteiger partial charge is 0.251 e. The van der Waals surface area contributed by atoms with Crippen molar-refractivity contribution < 1.29 is 9.00 Å². The summed E-state index contributed by atoms with van der Waals surface area (Å²) in [6.45, 7) is 0.283. The zero-order valence-corrected chi connectivity index (χ0v) is 12.7. The molecular formula is C15H14N4O2S. The molecule has 6 nitrogen and oxygen atoms in total. The highest BCUT2D eigenvalue weighted by atomic mass is 32.2. The lowest BCUT2D eigenvalue weighted by atomic mass is 10.2. The van der Waals surface area contributed by atoms with Gasteiger partial charge in [0.2, 0.25) is 0 Å². The predicted molar refractivity (Wildman–Crippen MR) is 82.9 cm³/mol. The maximum absolute atomic E-state index is 12.1. The minimum absolute atomic E-state index is 0.207. The number of aromatic nitrogens is 3. The van der Waals surface area contributed by atoms with E-state index in [9.17, 15) is 9.00 Å². The summed E-state index contributed by atoms with van der Waals surface area (Å²) in [6, 6.07) is 12.3. The largest absolute Gasteiger partial charge is 0.345 e. The Labute approximate surface area is 129 Å². The van der Waals surface area contributed by atoms with Gasteiger partial charge in [0, 0.05) is 33.7 Å². The first kappa shape index (κ1) is 14.4. The molecule has 2 heterocycles. The van der Waals surface area contributed by atoms with Gasteiger partial charge in [-0.15, -0.1) is 10.2 Å². The Hall–Kier alpha value is -2.54. The van der Waals surface area contributed by atoms with E-state index in [1.165, 1.54) is 0 Å². The summed E-state index contributed by atoms with van der Waals surface area (Å²) in [5, 5.41) is 10.9. The van der Waals surface area contributed by atoms with Gasteiger partial charge in [-0.05, 0) is 36.4 Å². The molecule has 1 aromatic carbocycles. The zero-order chi connectivity index (χ0) is 15.5. The Morgan fingerprint density at radius 3 is 2.68 bits per heavy atom. The number of fused-ring (bicyclic) bond motifs is 1. The van der Waals surface area contributed by atoms with E-state index in [2.05, 4.69) is 15.5 Å². The summed E-state index contributed by atoms with van der Waals surface area (Å²) in [7, 11) is -1.05. The van der Waals surface area contributed by atoms with Gasteiger partial charge in [-0.1, -0.05) is 6.07 Å². The van der Waals surface area contributed by atoms with Crippen LogP contribution in [-0.2, 0) is 17.3 Å². The van der Waals surface area contributed by atoms with E-state index in [-0.39, 0.29) is 12.5 Å². The van der Waals surface area contributed by atoms with E-state index in [0.29, 0.717) is 16.3 Å². The fourth-order valence-corrected chi connectivity index (χ4v) is 2.59. The van der Waals surface area contributed by atoms with Gasteiger partial charge in [-0.2, -0.15) is 0 Å². The van der Waals surface area contributed by atoms with Crippen LogP contribution in [0.15, 0.2) is 53.6 Å². The molecule has 112 valence electrons. The van der Waals surface area contributed by atoms with Crippen molar-refractivity contribution in [3.05, 3.63) is 60.0 Å². The molecule has 0 saturated carbocycles. The average Bonchev–Trinajstić information content (AvgIpc) is 2.96. The lowest BCUT2D eigenvalue weighted by molar-refractivity contribution is 0.0949. The highest BCUT2D eigenvalue weighted by Crippen LogP contribution is 2.08. The van der Waals surface area contributed by atoms with Crippen molar-refractivity contribution in [3.8, 4) is 0 Å². The summed E-state index contributed by atoms with van der Waals surface area (Å²) in [6.07, 6.45) is 3.45. The van der Waals surface area contributed by atoms with Gasteiger partial charge in [-0.25, -0.2) is 0 Å². The predicted octanol–water partition coefficient (Wildman–Crippen LogP) is 1.40. The van der Waals surface area contributed by atoms with Gasteiger partial charge in [0.25, 0.3) is 5.91 Å². The highest BCUT2D eigenvalue weighted by Gasteiger charge is 2.09. The van der Waals surface area contributed by atoms with Crippen LogP contribution in [-0.4, -0.2) is 31.0 Å². The van der Waals surface area contributed by atoms with E-state index in [0.717, 1.165) is 5.65 Å². The van der Waals surface area contributed by atoms with Gasteiger partial charge >= 0.3 is 0 Å². The number of amides is 1. The Balaban J connectivity index is 1.70. The standard InChI is InChI=1S/C15H14N4O2S/c1-22(21)12-7-5-11(6-8-12)15(20)16-10-14-18-17-13-4-2-3-9-19(13)14/h2-9H,10H2,1H3,(H,16,20). The molecule has 22 heavy (non-hydrogen) atoms. The fourth-order valence-electron chi connectivity index (χ4n) is 2.07. The molecule has 2 aromatic heterocycles. The minimum Gasteiger partial charge on any atom is -0.345 e. The average molecular weight is 314 g/mol. The molecule has 1 amide bonds. The number of pyridine rings is 1. The van der Waals surface area contributed by atoms with Gasteiger partial charge in [0.15, 0.2) is 11.5 Å². The van der Waals surface area contributed by atoms with Gasteiger partial charge in [-0.3, -0.25) is 13.4 Å². The summed E-state index contributed by atoms with van der Waals surface area (Å²) >= 11 is 0. The maximum atomic E-state index is 12.1. The summed E-state index contributed by atoms with van der Waals surface area (Å²) in [5.41, 5.74) is 1.25. The SMILES string of the molecule is CS(=O)c1ccc(C(=O)NCc2nnc3ccccn23)cc1. The Kier molecular flexibility index (Phi) is 3.97. The quantitative estimate of drug-likeness (QED) is 0.789. The van der Waals surface area contributed by atoms with E-state index in [1.54, 1.807) is 30.5 Å². The molecule has 0 bridgehead atoms. The second-order valence-corrected chi connectivity index (χ2v) is 6.09. The highest BCUT2D eigenvalue weighted by molar-refractivity contribution is 7.84. The third-order valence-corrected chi connectivity index (χ3v) is 4.18. The molecule has 0 saturated heterocycles. The van der Waals surface area contributed by atoms with Crippen molar-refractivity contribution in [1.82, 2.24) is 19.9 Å². The molecule has 0 spiro atoms. The van der Waals surface area contributed by atoms with Crippen LogP contribution in [0.5, 0.6) is 0 Å². The van der Waals surface area contributed by atoms with Gasteiger partial charge < -0.3 is 5.32 Å². The minimum atomic E-state index is -1.05. The lowest BCUT2D eigenvalue weighted by Gasteiger charge is -2.05. The van der Waals surface area contributed by atoms with Crippen LogP contribution < -0.4 is 5.32 Å². The van der Waals surface area contributed by atoms with Crippen LogP contribution in [0.3, 0.4) is 0 Å². The topological polar surface area (TPSA) is 76.4 Å². The fraction of sp³-hybridized carbons (Fsp3) is 0.133. The number of carbonyl (C=O) groups excluding carboxylic acids is 1. The number of hydrogen-bond donors (Lipinski definition) is 1. The first-order valence-corrected chi connectivity index (χ1v) is 8.21. The molecule has 0 aliphatic rings. The van der Waals surface area contributed by atoms with Crippen molar-refractivity contribution >= 4 is 22.4 Å². The monoisotopic (exact) mass is 314 g/mol. The molecule has 3 aromatic rings. The molecule has 1 N–H and O–H groups in total. The van der Waals surface area contributed by atoms with Crippen LogP contribution in [0.25, 0.3) is 5.65 Å².